The molecule has 0 aliphatic carbocycles. The molecule has 0 fully saturated rings. The van der Waals surface area contributed by atoms with Gasteiger partial charge in [0.1, 0.15) is 0 Å². The van der Waals surface area contributed by atoms with Gasteiger partial charge in [0, 0.05) is 50.3 Å². The van der Waals surface area contributed by atoms with Crippen LogP contribution in [0.25, 0.3) is 21.1 Å². The Bertz CT molecular complexity index is 233. The number of hydrogen-bond acceptors (Lipinski definition) is 0. The zero-order valence-electron chi connectivity index (χ0n) is 19.7. The molecule has 0 heterocycles. The molecule has 0 aromatic heterocycles. The van der Waals surface area contributed by atoms with E-state index in [1.54, 1.807) is 0 Å². The Morgan fingerprint density at radius 2 is 0.536 bits per heavy atom. The van der Waals surface area contributed by atoms with Crippen LogP contribution in [0.2, 0.25) is 0 Å². The Morgan fingerprint density at radius 3 is 0.536 bits per heavy atom. The number of hydrogen-bond donors (Lipinski definition) is 0. The van der Waals surface area contributed by atoms with Gasteiger partial charge < -0.3 is 50.8 Å². The average Bonchev–Trinajstić information content (AvgIpc) is 2.57. The average molecular weight is 616 g/mol. The third-order valence-corrected chi connectivity index (χ3v) is 10.6. The van der Waals surface area contributed by atoms with Gasteiger partial charge in [-0.3, -0.25) is 0 Å². The van der Waals surface area contributed by atoms with E-state index in [2.05, 4.69) is 55.0 Å². The van der Waals surface area contributed by atoms with Gasteiger partial charge in [-0.1, -0.05) is 78.5 Å². The van der Waals surface area contributed by atoms with Crippen molar-refractivity contribution >= 4 is 27.5 Å². The van der Waals surface area contributed by atoms with Crippen molar-refractivity contribution in [2.75, 3.05) is 37.0 Å². The van der Waals surface area contributed by atoms with Crippen LogP contribution in [0.15, 0.2) is 0 Å². The molecule has 28 heavy (non-hydrogen) atoms. The zero-order chi connectivity index (χ0) is 17.2. The molecule has 0 spiro atoms. The van der Waals surface area contributed by atoms with Crippen LogP contribution in [0, 0.1) is 29.7 Å². The number of nitrogens with zero attached hydrogens (tertiary/aromatic N) is 4. The normalized spacial score (nSPS) is 7.07. The molecule has 0 rings (SSSR count). The second-order valence-corrected chi connectivity index (χ2v) is 12.3. The summed E-state index contributed by atoms with van der Waals surface area (Å²) in [7, 11) is -2.82. The molecular formula is C18H46Co4N4P2-6. The predicted octanol–water partition coefficient (Wildman–Crippen LogP) is 7.94. The fraction of sp³-hybridized carbons (Fsp3) is 0.667. The van der Waals surface area contributed by atoms with Crippen molar-refractivity contribution in [1.82, 2.24) is 0 Å². The van der Waals surface area contributed by atoms with Crippen LogP contribution in [0.5, 0.6) is 0 Å². The van der Waals surface area contributed by atoms with E-state index in [0.717, 1.165) is 37.0 Å². The Balaban J connectivity index is -0.0000000124. The molecule has 0 aromatic rings. The van der Waals surface area contributed by atoms with Gasteiger partial charge in [0.2, 0.25) is 0 Å². The van der Waals surface area contributed by atoms with Crippen molar-refractivity contribution in [3.8, 4) is 0 Å². The molecule has 0 N–H and O–H groups in total. The first-order valence-electron chi connectivity index (χ1n) is 7.17. The number of rotatable bonds is 6. The predicted molar refractivity (Wildman–Crippen MR) is 130 cm³/mol. The Morgan fingerprint density at radius 1 is 0.464 bits per heavy atom. The summed E-state index contributed by atoms with van der Waals surface area (Å²) >= 11 is 0. The second-order valence-electron chi connectivity index (χ2n) is 4.09. The summed E-state index contributed by atoms with van der Waals surface area (Å²) in [6, 6.07) is 0. The Hall–Kier alpha value is 1.83. The fourth-order valence-electron chi connectivity index (χ4n) is 1.34. The third-order valence-electron chi connectivity index (χ3n) is 3.53. The van der Waals surface area contributed by atoms with Gasteiger partial charge in [-0.25, -0.2) is 27.5 Å². The molecule has 0 saturated heterocycles. The smallest absolute Gasteiger partial charge is 0.817 e. The maximum absolute atomic E-state index is 9.55. The minimum Gasteiger partial charge on any atom is -0.817 e. The van der Waals surface area contributed by atoms with E-state index >= 15 is 0 Å². The van der Waals surface area contributed by atoms with Crippen LogP contribution in [0.3, 0.4) is 0 Å². The summed E-state index contributed by atoms with van der Waals surface area (Å²) in [5.41, 5.74) is 0. The summed E-state index contributed by atoms with van der Waals surface area (Å²) in [6.07, 6.45) is 5.92. The zero-order valence-corrected chi connectivity index (χ0v) is 25.6. The van der Waals surface area contributed by atoms with Crippen molar-refractivity contribution in [1.29, 1.82) is 0 Å². The van der Waals surface area contributed by atoms with Gasteiger partial charge in [-0.15, -0.1) is 0 Å². The van der Waals surface area contributed by atoms with Crippen LogP contribution >= 0.6 is 14.1 Å². The van der Waals surface area contributed by atoms with E-state index in [0.29, 0.717) is 0 Å². The molecule has 0 bridgehead atoms. The first-order chi connectivity index (χ1) is 9.36. The largest absolute Gasteiger partial charge is 2.00 e. The third kappa shape index (κ3) is 50.9. The van der Waals surface area contributed by atoms with Gasteiger partial charge >= 0.3 is 16.8 Å². The standard InChI is InChI=1S/2C6H15NP.2CH2N.4CH3.4Co/c2*1-4-8(7,5-2)6-3;2*1-2;;;;;;;;/h2*4-6H2,1-3H3;2*1H2;4*1H3;;;;/q8*-1;;;;+2. The Kier molecular flexibility index (Phi) is 158. The summed E-state index contributed by atoms with van der Waals surface area (Å²) in [4.78, 5) is 0. The molecule has 0 atom stereocenters. The van der Waals surface area contributed by atoms with Crippen LogP contribution in [0.4, 0.5) is 0 Å². The maximum atomic E-state index is 9.55. The van der Waals surface area contributed by atoms with Crippen molar-refractivity contribution in [3.05, 3.63) is 50.8 Å². The fourth-order valence-corrected chi connectivity index (χ4v) is 4.02. The molecular weight excluding hydrogens is 570 g/mol. The molecule has 0 amide bonds. The minimum absolute atomic E-state index is 0. The summed E-state index contributed by atoms with van der Waals surface area (Å²) in [5, 5.41) is 32.6. The quantitative estimate of drug-likeness (QED) is 0.165. The van der Waals surface area contributed by atoms with E-state index < -0.39 is 14.1 Å². The molecule has 10 heteroatoms. The Labute approximate surface area is 222 Å². The van der Waals surface area contributed by atoms with Crippen molar-refractivity contribution in [2.45, 2.75) is 41.5 Å². The van der Waals surface area contributed by atoms with E-state index in [1.807, 2.05) is 0 Å². The molecule has 4 radical (unpaired) electrons. The molecule has 0 aliphatic rings. The minimum atomic E-state index is -1.41. The van der Waals surface area contributed by atoms with Gasteiger partial charge in [0.15, 0.2) is 0 Å². The van der Waals surface area contributed by atoms with E-state index in [4.69, 9.17) is 10.8 Å². The maximum Gasteiger partial charge on any atom is 2.00 e. The van der Waals surface area contributed by atoms with Gasteiger partial charge in [0.25, 0.3) is 0 Å². The van der Waals surface area contributed by atoms with Crippen LogP contribution in [-0.2, 0) is 67.1 Å². The van der Waals surface area contributed by atoms with Gasteiger partial charge in [-0.05, 0) is 0 Å². The summed E-state index contributed by atoms with van der Waals surface area (Å²) in [6.45, 7) is 16.9. The summed E-state index contributed by atoms with van der Waals surface area (Å²) < 4.78 is 0. The second kappa shape index (κ2) is 56.8. The topological polar surface area (TPSA) is 89.2 Å². The van der Waals surface area contributed by atoms with Crippen molar-refractivity contribution in [3.63, 3.8) is 0 Å². The SMILES string of the molecule is C=[N-].C=[N-].CCP(=[N-])(CC)CC.CCP(=[N-])(CC)CC.[CH3-].[CH3-].[CH3-].[CH3-].[Co+2].[Co].[Co].[Co]. The van der Waals surface area contributed by atoms with Crippen molar-refractivity contribution < 1.29 is 67.1 Å². The van der Waals surface area contributed by atoms with E-state index in [1.165, 1.54) is 0 Å². The van der Waals surface area contributed by atoms with Crippen LogP contribution in [0.1, 0.15) is 41.5 Å². The molecule has 0 saturated carbocycles. The molecule has 4 nitrogen and oxygen atoms in total. The van der Waals surface area contributed by atoms with E-state index in [-0.39, 0.29) is 96.8 Å². The van der Waals surface area contributed by atoms with Gasteiger partial charge in [-0.2, -0.15) is 0 Å². The monoisotopic (exact) mass is 616 g/mol. The van der Waals surface area contributed by atoms with E-state index in [9.17, 15) is 10.3 Å². The first kappa shape index (κ1) is 78.0. The van der Waals surface area contributed by atoms with Crippen LogP contribution in [-0.4, -0.2) is 50.4 Å². The van der Waals surface area contributed by atoms with Crippen molar-refractivity contribution in [2.24, 2.45) is 0 Å². The summed E-state index contributed by atoms with van der Waals surface area (Å²) in [5.74, 6) is 0. The first-order valence-corrected chi connectivity index (χ1v) is 11.8. The van der Waals surface area contributed by atoms with Gasteiger partial charge in [0.05, 0.1) is 0 Å². The van der Waals surface area contributed by atoms with Crippen LogP contribution < -0.4 is 0 Å². The molecule has 0 aromatic carbocycles. The molecule has 0 aliphatic heterocycles. The molecule has 0 unspecified atom stereocenters. The molecule has 190 valence electrons.